The summed E-state index contributed by atoms with van der Waals surface area (Å²) in [5.41, 5.74) is 18.1. The lowest BCUT2D eigenvalue weighted by Gasteiger charge is -2.27. The van der Waals surface area contributed by atoms with E-state index < -0.39 is 0 Å². The molecule has 2 rings (SSSR count). The van der Waals surface area contributed by atoms with Crippen LogP contribution in [0.3, 0.4) is 0 Å². The lowest BCUT2D eigenvalue weighted by atomic mass is 9.84. The Bertz CT molecular complexity index is 642. The molecule has 2 nitrogen and oxygen atoms in total. The maximum atomic E-state index is 6.59. The standard InChI is InChI=1S/C23H30N2/c1-3-22(24,20-14-8-5-9-15-20)18-12-7-13-19-23(25,4-2)21-16-10-6-11-17-21/h5-6,8-17H,3-4,18-19,24-25H2,1-2H3. The maximum Gasteiger partial charge on any atom is 0.0447 e. The van der Waals surface area contributed by atoms with E-state index in [1.54, 1.807) is 0 Å². The molecule has 132 valence electrons. The van der Waals surface area contributed by atoms with E-state index in [-0.39, 0.29) is 11.1 Å². The van der Waals surface area contributed by atoms with Crippen LogP contribution in [-0.2, 0) is 11.1 Å². The van der Waals surface area contributed by atoms with Crippen LogP contribution in [0.15, 0.2) is 78.5 Å². The average Bonchev–Trinajstić information content (AvgIpc) is 2.68. The molecule has 0 spiro atoms. The molecule has 2 aromatic rings. The third-order valence-electron chi connectivity index (χ3n) is 5.13. The van der Waals surface area contributed by atoms with Crippen LogP contribution in [0, 0.1) is 0 Å². The SMILES string of the molecule is CCC(N)(CC=C=CCC(N)(CC)c1ccccc1)c1ccccc1. The fraction of sp³-hybridized carbons (Fsp3) is 0.348. The van der Waals surface area contributed by atoms with Crippen molar-refractivity contribution in [3.05, 3.63) is 89.7 Å². The van der Waals surface area contributed by atoms with Crippen LogP contribution in [0.1, 0.15) is 50.7 Å². The van der Waals surface area contributed by atoms with Gasteiger partial charge in [-0.2, -0.15) is 0 Å². The van der Waals surface area contributed by atoms with Crippen LogP contribution in [0.5, 0.6) is 0 Å². The van der Waals surface area contributed by atoms with Crippen molar-refractivity contribution in [1.29, 1.82) is 0 Å². The van der Waals surface area contributed by atoms with E-state index in [2.05, 4.69) is 43.8 Å². The summed E-state index contributed by atoms with van der Waals surface area (Å²) in [5.74, 6) is 0. The van der Waals surface area contributed by atoms with Crippen LogP contribution in [0.4, 0.5) is 0 Å². The zero-order valence-corrected chi connectivity index (χ0v) is 15.4. The van der Waals surface area contributed by atoms with Gasteiger partial charge in [-0.05, 0) is 49.0 Å². The quantitative estimate of drug-likeness (QED) is 0.667. The summed E-state index contributed by atoms with van der Waals surface area (Å²) in [6.45, 7) is 4.25. The minimum atomic E-state index is -0.341. The van der Waals surface area contributed by atoms with E-state index in [9.17, 15) is 0 Å². The predicted molar refractivity (Wildman–Crippen MR) is 107 cm³/mol. The molecule has 0 amide bonds. The molecule has 0 aromatic heterocycles. The van der Waals surface area contributed by atoms with Crippen molar-refractivity contribution in [2.45, 2.75) is 50.6 Å². The summed E-state index contributed by atoms with van der Waals surface area (Å²) in [6.07, 6.45) is 7.37. The Morgan fingerprint density at radius 1 is 0.720 bits per heavy atom. The van der Waals surface area contributed by atoms with Crippen LogP contribution >= 0.6 is 0 Å². The Kier molecular flexibility index (Phi) is 6.78. The molecular weight excluding hydrogens is 304 g/mol. The normalized spacial score (nSPS) is 15.5. The van der Waals surface area contributed by atoms with Gasteiger partial charge in [0.05, 0.1) is 0 Å². The van der Waals surface area contributed by atoms with Crippen molar-refractivity contribution in [2.24, 2.45) is 11.5 Å². The van der Waals surface area contributed by atoms with Crippen LogP contribution < -0.4 is 11.5 Å². The fourth-order valence-corrected chi connectivity index (χ4v) is 3.04. The number of rotatable bonds is 8. The van der Waals surface area contributed by atoms with Gasteiger partial charge >= 0.3 is 0 Å². The molecule has 0 saturated heterocycles. The van der Waals surface area contributed by atoms with Gasteiger partial charge in [-0.15, -0.1) is 5.73 Å². The molecule has 0 aliphatic rings. The highest BCUT2D eigenvalue weighted by Crippen LogP contribution is 2.27. The summed E-state index contributed by atoms with van der Waals surface area (Å²) in [7, 11) is 0. The second-order valence-corrected chi connectivity index (χ2v) is 6.73. The summed E-state index contributed by atoms with van der Waals surface area (Å²) in [4.78, 5) is 0. The smallest absolute Gasteiger partial charge is 0.0447 e. The molecule has 2 atom stereocenters. The summed E-state index contributed by atoms with van der Waals surface area (Å²) in [5, 5.41) is 0. The first-order valence-electron chi connectivity index (χ1n) is 9.12. The van der Waals surface area contributed by atoms with Gasteiger partial charge in [0.15, 0.2) is 0 Å². The zero-order chi connectivity index (χ0) is 18.2. The highest BCUT2D eigenvalue weighted by atomic mass is 14.7. The largest absolute Gasteiger partial charge is 0.321 e. The van der Waals surface area contributed by atoms with Gasteiger partial charge in [-0.1, -0.05) is 74.5 Å². The highest BCUT2D eigenvalue weighted by Gasteiger charge is 2.24. The number of benzene rings is 2. The molecule has 0 aliphatic carbocycles. The van der Waals surface area contributed by atoms with E-state index in [1.807, 2.05) is 48.6 Å². The van der Waals surface area contributed by atoms with Gasteiger partial charge in [-0.3, -0.25) is 0 Å². The topological polar surface area (TPSA) is 52.0 Å². The van der Waals surface area contributed by atoms with Crippen molar-refractivity contribution >= 4 is 0 Å². The molecular formula is C23H30N2. The molecule has 0 bridgehead atoms. The molecule has 0 radical (unpaired) electrons. The predicted octanol–water partition coefficient (Wildman–Crippen LogP) is 5.01. The Morgan fingerprint density at radius 2 is 1.08 bits per heavy atom. The lowest BCUT2D eigenvalue weighted by molar-refractivity contribution is 0.431. The molecule has 2 unspecified atom stereocenters. The van der Waals surface area contributed by atoms with E-state index in [1.165, 1.54) is 11.1 Å². The van der Waals surface area contributed by atoms with Crippen molar-refractivity contribution in [2.75, 3.05) is 0 Å². The molecule has 0 heterocycles. The third-order valence-corrected chi connectivity index (χ3v) is 5.13. The van der Waals surface area contributed by atoms with Crippen LogP contribution in [0.25, 0.3) is 0 Å². The second-order valence-electron chi connectivity index (χ2n) is 6.73. The molecule has 25 heavy (non-hydrogen) atoms. The van der Waals surface area contributed by atoms with Gasteiger partial charge in [0.25, 0.3) is 0 Å². The zero-order valence-electron chi connectivity index (χ0n) is 15.4. The highest BCUT2D eigenvalue weighted by molar-refractivity contribution is 5.26. The minimum absolute atomic E-state index is 0.341. The van der Waals surface area contributed by atoms with Crippen molar-refractivity contribution in [1.82, 2.24) is 0 Å². The Balaban J connectivity index is 2.05. The first-order chi connectivity index (χ1) is 12.0. The number of nitrogens with two attached hydrogens (primary N) is 2. The van der Waals surface area contributed by atoms with E-state index in [4.69, 9.17) is 11.5 Å². The maximum absolute atomic E-state index is 6.59. The summed E-state index contributed by atoms with van der Waals surface area (Å²) in [6, 6.07) is 20.6. The first kappa shape index (κ1) is 19.2. The lowest BCUT2D eigenvalue weighted by Crippen LogP contribution is -2.35. The Labute approximate surface area is 152 Å². The molecule has 2 aromatic carbocycles. The molecule has 0 fully saturated rings. The number of hydrogen-bond donors (Lipinski definition) is 2. The monoisotopic (exact) mass is 334 g/mol. The Morgan fingerprint density at radius 3 is 1.40 bits per heavy atom. The molecule has 0 saturated carbocycles. The number of hydrogen-bond acceptors (Lipinski definition) is 2. The second kappa shape index (κ2) is 8.82. The van der Waals surface area contributed by atoms with Gasteiger partial charge in [0, 0.05) is 11.1 Å². The van der Waals surface area contributed by atoms with Gasteiger partial charge in [0.2, 0.25) is 0 Å². The third kappa shape index (κ3) is 4.93. The van der Waals surface area contributed by atoms with Crippen LogP contribution in [-0.4, -0.2) is 0 Å². The molecule has 4 N–H and O–H groups in total. The van der Waals surface area contributed by atoms with E-state index in [0.717, 1.165) is 25.7 Å². The van der Waals surface area contributed by atoms with Crippen LogP contribution in [0.2, 0.25) is 0 Å². The Hall–Kier alpha value is -2.12. The van der Waals surface area contributed by atoms with E-state index >= 15 is 0 Å². The summed E-state index contributed by atoms with van der Waals surface area (Å²) >= 11 is 0. The van der Waals surface area contributed by atoms with Gasteiger partial charge in [0.1, 0.15) is 0 Å². The van der Waals surface area contributed by atoms with Gasteiger partial charge < -0.3 is 11.5 Å². The van der Waals surface area contributed by atoms with E-state index in [0.29, 0.717) is 0 Å². The minimum Gasteiger partial charge on any atom is -0.321 e. The van der Waals surface area contributed by atoms with Gasteiger partial charge in [-0.25, -0.2) is 0 Å². The molecule has 0 aliphatic heterocycles. The molecule has 2 heteroatoms. The summed E-state index contributed by atoms with van der Waals surface area (Å²) < 4.78 is 0. The van der Waals surface area contributed by atoms with Crippen molar-refractivity contribution in [3.8, 4) is 0 Å². The fourth-order valence-electron chi connectivity index (χ4n) is 3.04. The average molecular weight is 335 g/mol. The first-order valence-corrected chi connectivity index (χ1v) is 9.12. The van der Waals surface area contributed by atoms with Crippen molar-refractivity contribution in [3.63, 3.8) is 0 Å². The van der Waals surface area contributed by atoms with Crippen molar-refractivity contribution < 1.29 is 0 Å².